The van der Waals surface area contributed by atoms with E-state index in [-0.39, 0.29) is 5.91 Å². The molecule has 19 heavy (non-hydrogen) atoms. The molecule has 0 atom stereocenters. The number of nitrogens with zero attached hydrogens (tertiary/aromatic N) is 4. The van der Waals surface area contributed by atoms with Crippen LogP contribution in [0.4, 0.5) is 0 Å². The van der Waals surface area contributed by atoms with Crippen LogP contribution in [0.15, 0.2) is 12.4 Å². The molecule has 0 unspecified atom stereocenters. The summed E-state index contributed by atoms with van der Waals surface area (Å²) >= 11 is 0. The van der Waals surface area contributed by atoms with E-state index in [0.29, 0.717) is 12.4 Å². The lowest BCUT2D eigenvalue weighted by Gasteiger charge is -2.05. The van der Waals surface area contributed by atoms with Gasteiger partial charge in [-0.3, -0.25) is 9.48 Å². The molecule has 0 aliphatic rings. The van der Waals surface area contributed by atoms with Gasteiger partial charge in [0, 0.05) is 38.7 Å². The molecular weight excluding hydrogens is 242 g/mol. The molecule has 1 amide bonds. The van der Waals surface area contributed by atoms with Crippen molar-refractivity contribution >= 4 is 5.91 Å². The fourth-order valence-electron chi connectivity index (χ4n) is 2.14. The second-order valence-electron chi connectivity index (χ2n) is 4.64. The standard InChI is InChI=1S/C13H19N5O/c1-9-11(10(2)18(4)16-9)5-6-15-13(19)12-14-7-8-17(12)3/h7-8H,5-6H2,1-4H3,(H,15,19). The molecule has 2 rings (SSSR count). The van der Waals surface area contributed by atoms with Gasteiger partial charge in [-0.1, -0.05) is 0 Å². The summed E-state index contributed by atoms with van der Waals surface area (Å²) in [4.78, 5) is 15.9. The van der Waals surface area contributed by atoms with E-state index >= 15 is 0 Å². The molecule has 1 N–H and O–H groups in total. The minimum Gasteiger partial charge on any atom is -0.349 e. The average Bonchev–Trinajstić information content (AvgIpc) is 2.88. The van der Waals surface area contributed by atoms with Crippen molar-refractivity contribution in [1.82, 2.24) is 24.6 Å². The second-order valence-corrected chi connectivity index (χ2v) is 4.64. The molecule has 0 spiro atoms. The largest absolute Gasteiger partial charge is 0.349 e. The molecule has 2 heterocycles. The SMILES string of the molecule is Cc1nn(C)c(C)c1CCNC(=O)c1nccn1C. The number of aryl methyl sites for hydroxylation is 3. The summed E-state index contributed by atoms with van der Waals surface area (Å²) in [5, 5.41) is 7.24. The molecule has 2 aromatic heterocycles. The van der Waals surface area contributed by atoms with Gasteiger partial charge in [0.2, 0.25) is 0 Å². The summed E-state index contributed by atoms with van der Waals surface area (Å²) in [6.45, 7) is 4.61. The van der Waals surface area contributed by atoms with Gasteiger partial charge in [0.05, 0.1) is 5.69 Å². The number of hydrogen-bond acceptors (Lipinski definition) is 3. The van der Waals surface area contributed by atoms with Crippen LogP contribution in [0.3, 0.4) is 0 Å². The first-order valence-electron chi connectivity index (χ1n) is 6.25. The third-order valence-electron chi connectivity index (χ3n) is 3.34. The molecule has 0 radical (unpaired) electrons. The Morgan fingerprint density at radius 3 is 2.63 bits per heavy atom. The molecule has 0 aliphatic heterocycles. The van der Waals surface area contributed by atoms with Crippen molar-refractivity contribution in [2.24, 2.45) is 14.1 Å². The smallest absolute Gasteiger partial charge is 0.287 e. The van der Waals surface area contributed by atoms with Gasteiger partial charge in [0.1, 0.15) is 0 Å². The quantitative estimate of drug-likeness (QED) is 0.883. The van der Waals surface area contributed by atoms with Crippen molar-refractivity contribution in [2.45, 2.75) is 20.3 Å². The summed E-state index contributed by atoms with van der Waals surface area (Å²) in [6.07, 6.45) is 4.15. The van der Waals surface area contributed by atoms with Crippen LogP contribution in [0.2, 0.25) is 0 Å². The normalized spacial score (nSPS) is 10.7. The van der Waals surface area contributed by atoms with Gasteiger partial charge in [-0.15, -0.1) is 0 Å². The summed E-state index contributed by atoms with van der Waals surface area (Å²) < 4.78 is 3.57. The minimum absolute atomic E-state index is 0.147. The van der Waals surface area contributed by atoms with E-state index in [1.54, 1.807) is 24.0 Å². The van der Waals surface area contributed by atoms with Crippen LogP contribution in [0.5, 0.6) is 0 Å². The van der Waals surface area contributed by atoms with Crippen molar-refractivity contribution in [1.29, 1.82) is 0 Å². The number of carbonyl (C=O) groups excluding carboxylic acids is 1. The molecule has 0 aromatic carbocycles. The molecule has 6 heteroatoms. The van der Waals surface area contributed by atoms with E-state index < -0.39 is 0 Å². The van der Waals surface area contributed by atoms with Crippen LogP contribution in [0, 0.1) is 13.8 Å². The predicted molar refractivity (Wildman–Crippen MR) is 71.9 cm³/mol. The Labute approximate surface area is 112 Å². The molecule has 0 saturated heterocycles. The number of aromatic nitrogens is 4. The number of amides is 1. The zero-order valence-electron chi connectivity index (χ0n) is 11.8. The highest BCUT2D eigenvalue weighted by Crippen LogP contribution is 2.11. The fourth-order valence-corrected chi connectivity index (χ4v) is 2.14. The number of carbonyl (C=O) groups is 1. The number of hydrogen-bond donors (Lipinski definition) is 1. The van der Waals surface area contributed by atoms with E-state index in [1.165, 1.54) is 5.56 Å². The van der Waals surface area contributed by atoms with Gasteiger partial charge in [0.25, 0.3) is 5.91 Å². The molecule has 102 valence electrons. The Kier molecular flexibility index (Phi) is 3.69. The first kappa shape index (κ1) is 13.3. The van der Waals surface area contributed by atoms with Crippen LogP contribution in [-0.4, -0.2) is 31.8 Å². The highest BCUT2D eigenvalue weighted by molar-refractivity contribution is 5.90. The third kappa shape index (κ3) is 2.67. The highest BCUT2D eigenvalue weighted by atomic mass is 16.2. The maximum atomic E-state index is 11.9. The first-order valence-corrected chi connectivity index (χ1v) is 6.25. The Balaban J connectivity index is 1.94. The van der Waals surface area contributed by atoms with Crippen LogP contribution in [-0.2, 0) is 20.5 Å². The molecule has 0 aliphatic carbocycles. The van der Waals surface area contributed by atoms with Crippen LogP contribution >= 0.6 is 0 Å². The van der Waals surface area contributed by atoms with Gasteiger partial charge in [-0.25, -0.2) is 4.98 Å². The van der Waals surface area contributed by atoms with Gasteiger partial charge in [-0.05, 0) is 25.8 Å². The number of imidazole rings is 1. The average molecular weight is 261 g/mol. The van der Waals surface area contributed by atoms with Gasteiger partial charge in [0.15, 0.2) is 5.82 Å². The van der Waals surface area contributed by atoms with Gasteiger partial charge >= 0.3 is 0 Å². The van der Waals surface area contributed by atoms with E-state index in [9.17, 15) is 4.79 Å². The molecule has 0 bridgehead atoms. The topological polar surface area (TPSA) is 64.7 Å². The Morgan fingerprint density at radius 1 is 1.37 bits per heavy atom. The fraction of sp³-hybridized carbons (Fsp3) is 0.462. The van der Waals surface area contributed by atoms with E-state index in [4.69, 9.17) is 0 Å². The molecule has 2 aromatic rings. The lowest BCUT2D eigenvalue weighted by Crippen LogP contribution is -2.28. The molecule has 6 nitrogen and oxygen atoms in total. The van der Waals surface area contributed by atoms with Crippen molar-refractivity contribution in [3.63, 3.8) is 0 Å². The Morgan fingerprint density at radius 2 is 2.11 bits per heavy atom. The second kappa shape index (κ2) is 5.26. The zero-order chi connectivity index (χ0) is 14.0. The van der Waals surface area contributed by atoms with Crippen molar-refractivity contribution in [2.75, 3.05) is 6.54 Å². The predicted octanol–water partition coefficient (Wildman–Crippen LogP) is 0.743. The highest BCUT2D eigenvalue weighted by Gasteiger charge is 2.12. The minimum atomic E-state index is -0.147. The maximum absolute atomic E-state index is 11.9. The van der Waals surface area contributed by atoms with Gasteiger partial charge < -0.3 is 9.88 Å². The molecular formula is C13H19N5O. The maximum Gasteiger partial charge on any atom is 0.287 e. The summed E-state index contributed by atoms with van der Waals surface area (Å²) in [5.41, 5.74) is 3.36. The number of rotatable bonds is 4. The third-order valence-corrected chi connectivity index (χ3v) is 3.34. The van der Waals surface area contributed by atoms with E-state index in [2.05, 4.69) is 15.4 Å². The van der Waals surface area contributed by atoms with Gasteiger partial charge in [-0.2, -0.15) is 5.10 Å². The lowest BCUT2D eigenvalue weighted by atomic mass is 10.1. The molecule has 0 fully saturated rings. The van der Waals surface area contributed by atoms with Crippen molar-refractivity contribution < 1.29 is 4.79 Å². The Bertz CT molecular complexity index is 596. The zero-order valence-corrected chi connectivity index (χ0v) is 11.8. The van der Waals surface area contributed by atoms with Crippen LogP contribution in [0.1, 0.15) is 27.6 Å². The van der Waals surface area contributed by atoms with Crippen LogP contribution < -0.4 is 5.32 Å². The summed E-state index contributed by atoms with van der Waals surface area (Å²) in [6, 6.07) is 0. The Hall–Kier alpha value is -2.11. The monoisotopic (exact) mass is 261 g/mol. The molecule has 0 saturated carbocycles. The summed E-state index contributed by atoms with van der Waals surface area (Å²) in [5.74, 6) is 0.284. The number of nitrogens with one attached hydrogen (secondary N) is 1. The van der Waals surface area contributed by atoms with E-state index in [0.717, 1.165) is 17.8 Å². The van der Waals surface area contributed by atoms with Crippen molar-refractivity contribution in [3.8, 4) is 0 Å². The summed E-state index contributed by atoms with van der Waals surface area (Å²) in [7, 11) is 3.73. The van der Waals surface area contributed by atoms with E-state index in [1.807, 2.05) is 25.6 Å². The first-order chi connectivity index (χ1) is 9.00. The van der Waals surface area contributed by atoms with Crippen LogP contribution in [0.25, 0.3) is 0 Å². The van der Waals surface area contributed by atoms with Crippen molar-refractivity contribution in [3.05, 3.63) is 35.2 Å². The lowest BCUT2D eigenvalue weighted by molar-refractivity contribution is 0.0940.